The second kappa shape index (κ2) is 7.14. The molecule has 0 saturated heterocycles. The minimum Gasteiger partial charge on any atom is -0.480 e. The monoisotopic (exact) mass is 298 g/mol. The van der Waals surface area contributed by atoms with Crippen LogP contribution in [0.2, 0.25) is 5.02 Å². The van der Waals surface area contributed by atoms with Crippen LogP contribution < -0.4 is 10.6 Å². The molecule has 0 aliphatic heterocycles. The summed E-state index contributed by atoms with van der Waals surface area (Å²) in [6, 6.07) is 6.86. The predicted octanol–water partition coefficient (Wildman–Crippen LogP) is 2.43. The fourth-order valence-electron chi connectivity index (χ4n) is 1.56. The minimum absolute atomic E-state index is 0.312. The van der Waals surface area contributed by atoms with Gasteiger partial charge in [-0.3, -0.25) is 0 Å². The second-order valence-electron chi connectivity index (χ2n) is 4.75. The van der Waals surface area contributed by atoms with E-state index in [0.29, 0.717) is 24.4 Å². The first-order valence-corrected chi connectivity index (χ1v) is 6.79. The number of urea groups is 1. The first-order valence-electron chi connectivity index (χ1n) is 6.41. The van der Waals surface area contributed by atoms with Crippen LogP contribution in [0, 0.1) is 0 Å². The van der Waals surface area contributed by atoms with Crippen molar-refractivity contribution in [3.63, 3.8) is 0 Å². The van der Waals surface area contributed by atoms with Gasteiger partial charge in [0.1, 0.15) is 5.54 Å². The molecule has 0 bridgehead atoms. The summed E-state index contributed by atoms with van der Waals surface area (Å²) < 4.78 is 0. The largest absolute Gasteiger partial charge is 0.480 e. The Labute approximate surface area is 123 Å². The van der Waals surface area contributed by atoms with Crippen LogP contribution in [-0.2, 0) is 11.2 Å². The van der Waals surface area contributed by atoms with Crippen molar-refractivity contribution in [2.75, 3.05) is 6.54 Å². The van der Waals surface area contributed by atoms with E-state index in [1.807, 2.05) is 12.1 Å². The Hall–Kier alpha value is -1.75. The number of carbonyl (C=O) groups excluding carboxylic acids is 1. The third-order valence-electron chi connectivity index (χ3n) is 3.18. The molecule has 0 saturated carbocycles. The van der Waals surface area contributed by atoms with Crippen molar-refractivity contribution in [1.82, 2.24) is 10.6 Å². The third-order valence-corrected chi connectivity index (χ3v) is 3.43. The SMILES string of the molecule is CCC(C)(NC(=O)NCCc1ccc(Cl)cc1)C(=O)O. The number of aliphatic carboxylic acids is 1. The molecule has 0 aromatic heterocycles. The average Bonchev–Trinajstić information content (AvgIpc) is 2.40. The number of carboxylic acid groups (broad SMARTS) is 1. The van der Waals surface area contributed by atoms with Crippen LogP contribution in [0.15, 0.2) is 24.3 Å². The van der Waals surface area contributed by atoms with Crippen LogP contribution >= 0.6 is 11.6 Å². The normalized spacial score (nSPS) is 13.3. The van der Waals surface area contributed by atoms with Crippen LogP contribution in [0.1, 0.15) is 25.8 Å². The van der Waals surface area contributed by atoms with E-state index < -0.39 is 17.5 Å². The predicted molar refractivity (Wildman–Crippen MR) is 78.0 cm³/mol. The van der Waals surface area contributed by atoms with Gasteiger partial charge in [-0.2, -0.15) is 0 Å². The van der Waals surface area contributed by atoms with Crippen LogP contribution in [0.25, 0.3) is 0 Å². The molecule has 2 amide bonds. The lowest BCUT2D eigenvalue weighted by Crippen LogP contribution is -2.55. The molecule has 0 heterocycles. The van der Waals surface area contributed by atoms with Gasteiger partial charge in [0.25, 0.3) is 0 Å². The minimum atomic E-state index is -1.25. The molecule has 0 radical (unpaired) electrons. The number of carbonyl (C=O) groups is 2. The number of amides is 2. The summed E-state index contributed by atoms with van der Waals surface area (Å²) >= 11 is 5.78. The Morgan fingerprint density at radius 2 is 1.90 bits per heavy atom. The van der Waals surface area contributed by atoms with E-state index in [1.54, 1.807) is 19.1 Å². The maximum absolute atomic E-state index is 11.7. The van der Waals surface area contributed by atoms with Gasteiger partial charge in [0, 0.05) is 11.6 Å². The number of hydrogen-bond donors (Lipinski definition) is 3. The summed E-state index contributed by atoms with van der Waals surface area (Å²) in [5.74, 6) is -1.05. The van der Waals surface area contributed by atoms with E-state index in [2.05, 4.69) is 10.6 Å². The standard InChI is InChI=1S/C14H19ClN2O3/c1-3-14(2,12(18)19)17-13(20)16-9-8-10-4-6-11(15)7-5-10/h4-7H,3,8-9H2,1-2H3,(H,18,19)(H2,16,17,20). The van der Waals surface area contributed by atoms with E-state index in [1.165, 1.54) is 6.92 Å². The fraction of sp³-hybridized carbons (Fsp3) is 0.429. The lowest BCUT2D eigenvalue weighted by Gasteiger charge is -2.24. The van der Waals surface area contributed by atoms with E-state index in [-0.39, 0.29) is 0 Å². The molecule has 110 valence electrons. The Bertz CT molecular complexity index is 476. The maximum Gasteiger partial charge on any atom is 0.329 e. The molecule has 0 spiro atoms. The zero-order chi connectivity index (χ0) is 15.2. The highest BCUT2D eigenvalue weighted by Gasteiger charge is 2.32. The van der Waals surface area contributed by atoms with Crippen molar-refractivity contribution in [2.24, 2.45) is 0 Å². The molecular formula is C14H19ClN2O3. The Morgan fingerprint density at radius 3 is 2.40 bits per heavy atom. The lowest BCUT2D eigenvalue weighted by molar-refractivity contribution is -0.143. The maximum atomic E-state index is 11.7. The first-order chi connectivity index (χ1) is 9.37. The van der Waals surface area contributed by atoms with E-state index in [4.69, 9.17) is 16.7 Å². The van der Waals surface area contributed by atoms with Crippen LogP contribution in [-0.4, -0.2) is 29.2 Å². The van der Waals surface area contributed by atoms with Crippen LogP contribution in [0.3, 0.4) is 0 Å². The van der Waals surface area contributed by atoms with Crippen LogP contribution in [0.5, 0.6) is 0 Å². The van der Waals surface area contributed by atoms with Gasteiger partial charge < -0.3 is 15.7 Å². The number of hydrogen-bond acceptors (Lipinski definition) is 2. The Balaban J connectivity index is 2.40. The quantitative estimate of drug-likeness (QED) is 0.755. The molecule has 1 atom stereocenters. The fourth-order valence-corrected chi connectivity index (χ4v) is 1.69. The number of rotatable bonds is 6. The summed E-state index contributed by atoms with van der Waals surface area (Å²) in [7, 11) is 0. The molecular weight excluding hydrogens is 280 g/mol. The van der Waals surface area contributed by atoms with Gasteiger partial charge in [-0.25, -0.2) is 9.59 Å². The molecule has 0 aliphatic rings. The highest BCUT2D eigenvalue weighted by Crippen LogP contribution is 2.10. The molecule has 1 rings (SSSR count). The van der Waals surface area contributed by atoms with Gasteiger partial charge >= 0.3 is 12.0 Å². The Kier molecular flexibility index (Phi) is 5.82. The molecule has 20 heavy (non-hydrogen) atoms. The molecule has 1 unspecified atom stereocenters. The summed E-state index contributed by atoms with van der Waals surface area (Å²) in [6.07, 6.45) is 0.966. The van der Waals surface area contributed by atoms with E-state index >= 15 is 0 Å². The van der Waals surface area contributed by atoms with Crippen molar-refractivity contribution < 1.29 is 14.7 Å². The van der Waals surface area contributed by atoms with E-state index in [0.717, 1.165) is 5.56 Å². The third kappa shape index (κ3) is 4.74. The molecule has 1 aromatic rings. The number of halogens is 1. The molecule has 1 aromatic carbocycles. The zero-order valence-corrected chi connectivity index (χ0v) is 12.3. The topological polar surface area (TPSA) is 78.4 Å². The molecule has 0 aliphatic carbocycles. The van der Waals surface area contributed by atoms with Gasteiger partial charge in [-0.15, -0.1) is 0 Å². The van der Waals surface area contributed by atoms with Crippen molar-refractivity contribution in [1.29, 1.82) is 0 Å². The van der Waals surface area contributed by atoms with Gasteiger partial charge in [0.05, 0.1) is 0 Å². The van der Waals surface area contributed by atoms with Gasteiger partial charge in [-0.1, -0.05) is 30.7 Å². The highest BCUT2D eigenvalue weighted by atomic mass is 35.5. The van der Waals surface area contributed by atoms with Crippen molar-refractivity contribution >= 4 is 23.6 Å². The second-order valence-corrected chi connectivity index (χ2v) is 5.18. The summed E-state index contributed by atoms with van der Waals surface area (Å²) in [6.45, 7) is 3.61. The number of nitrogens with one attached hydrogen (secondary N) is 2. The van der Waals surface area contributed by atoms with Crippen molar-refractivity contribution in [3.8, 4) is 0 Å². The zero-order valence-electron chi connectivity index (χ0n) is 11.6. The highest BCUT2D eigenvalue weighted by molar-refractivity contribution is 6.30. The molecule has 0 fully saturated rings. The van der Waals surface area contributed by atoms with Gasteiger partial charge in [-0.05, 0) is 37.5 Å². The smallest absolute Gasteiger partial charge is 0.329 e. The average molecular weight is 299 g/mol. The summed E-state index contributed by atoms with van der Waals surface area (Å²) in [5.41, 5.74) is -0.198. The summed E-state index contributed by atoms with van der Waals surface area (Å²) in [4.78, 5) is 22.7. The number of benzene rings is 1. The summed E-state index contributed by atoms with van der Waals surface area (Å²) in [5, 5.41) is 14.8. The first kappa shape index (κ1) is 16.3. The van der Waals surface area contributed by atoms with E-state index in [9.17, 15) is 9.59 Å². The van der Waals surface area contributed by atoms with Crippen molar-refractivity contribution in [2.45, 2.75) is 32.2 Å². The van der Waals surface area contributed by atoms with Gasteiger partial charge in [0.15, 0.2) is 0 Å². The lowest BCUT2D eigenvalue weighted by atomic mass is 10.00. The number of carboxylic acids is 1. The van der Waals surface area contributed by atoms with Crippen LogP contribution in [0.4, 0.5) is 4.79 Å². The van der Waals surface area contributed by atoms with Gasteiger partial charge in [0.2, 0.25) is 0 Å². The van der Waals surface area contributed by atoms with Crippen molar-refractivity contribution in [3.05, 3.63) is 34.9 Å². The Morgan fingerprint density at radius 1 is 1.30 bits per heavy atom. The molecule has 5 nitrogen and oxygen atoms in total. The molecule has 3 N–H and O–H groups in total. The molecule has 6 heteroatoms.